The van der Waals surface area contributed by atoms with Crippen LogP contribution in [0.15, 0.2) is 69.6 Å². The Labute approximate surface area is 189 Å². The summed E-state index contributed by atoms with van der Waals surface area (Å²) in [6, 6.07) is 14.7. The predicted molar refractivity (Wildman–Crippen MR) is 125 cm³/mol. The minimum absolute atomic E-state index is 0.187. The van der Waals surface area contributed by atoms with Gasteiger partial charge in [-0.2, -0.15) is 0 Å². The van der Waals surface area contributed by atoms with Crippen LogP contribution < -0.4 is 19.6 Å². The third-order valence-corrected chi connectivity index (χ3v) is 6.47. The van der Waals surface area contributed by atoms with Crippen molar-refractivity contribution in [2.75, 3.05) is 14.2 Å². The number of esters is 1. The minimum atomic E-state index is -0.588. The summed E-state index contributed by atoms with van der Waals surface area (Å²) in [6.07, 6.45) is 2.41. The predicted octanol–water partition coefficient (Wildman–Crippen LogP) is 3.12. The highest BCUT2D eigenvalue weighted by Gasteiger charge is 2.33. The van der Waals surface area contributed by atoms with Crippen molar-refractivity contribution >= 4 is 23.4 Å². The van der Waals surface area contributed by atoms with E-state index < -0.39 is 12.0 Å². The first-order valence-corrected chi connectivity index (χ1v) is 11.1. The SMILES string of the molecule is CCC1=C(C(=O)OC)[C@@H](c2ccccc2)n2c(s/c(=C\c3ccc(OC)c(C)c3)c2=O)=N1. The van der Waals surface area contributed by atoms with Gasteiger partial charge in [-0.1, -0.05) is 54.7 Å². The number of carbonyl (C=O) groups is 1. The summed E-state index contributed by atoms with van der Waals surface area (Å²) in [5, 5.41) is 0. The number of methoxy groups -OCH3 is 2. The van der Waals surface area contributed by atoms with E-state index in [0.717, 1.165) is 22.4 Å². The molecule has 0 unspecified atom stereocenters. The number of hydrogen-bond donors (Lipinski definition) is 0. The number of ether oxygens (including phenoxy) is 2. The lowest BCUT2D eigenvalue weighted by Gasteiger charge is -2.25. The Hall–Kier alpha value is -3.45. The molecule has 4 rings (SSSR count). The van der Waals surface area contributed by atoms with Gasteiger partial charge < -0.3 is 9.47 Å². The van der Waals surface area contributed by atoms with Crippen LogP contribution in [0.2, 0.25) is 0 Å². The second-order valence-electron chi connectivity index (χ2n) is 7.43. The van der Waals surface area contributed by atoms with Crippen LogP contribution in [0.3, 0.4) is 0 Å². The molecule has 0 N–H and O–H groups in total. The fraction of sp³-hybridized carbons (Fsp3) is 0.240. The van der Waals surface area contributed by atoms with E-state index in [0.29, 0.717) is 27.0 Å². The molecule has 0 fully saturated rings. The number of carbonyl (C=O) groups excluding carboxylic acids is 1. The van der Waals surface area contributed by atoms with Crippen molar-refractivity contribution < 1.29 is 14.3 Å². The Kier molecular flexibility index (Phi) is 6.10. The van der Waals surface area contributed by atoms with Crippen molar-refractivity contribution in [3.63, 3.8) is 0 Å². The molecule has 1 aliphatic heterocycles. The van der Waals surface area contributed by atoms with E-state index in [2.05, 4.69) is 4.99 Å². The number of aryl methyl sites for hydroxylation is 1. The molecule has 1 aromatic heterocycles. The van der Waals surface area contributed by atoms with Gasteiger partial charge in [-0.15, -0.1) is 0 Å². The van der Waals surface area contributed by atoms with Crippen molar-refractivity contribution in [1.29, 1.82) is 0 Å². The average Bonchev–Trinajstić information content (AvgIpc) is 3.12. The highest BCUT2D eigenvalue weighted by Crippen LogP contribution is 2.31. The molecule has 6 nitrogen and oxygen atoms in total. The second kappa shape index (κ2) is 8.96. The number of allylic oxidation sites excluding steroid dienone is 1. The van der Waals surface area contributed by atoms with Gasteiger partial charge in [-0.05, 0) is 48.2 Å². The number of rotatable bonds is 5. The van der Waals surface area contributed by atoms with Crippen molar-refractivity contribution in [2.45, 2.75) is 26.3 Å². The van der Waals surface area contributed by atoms with E-state index in [1.165, 1.54) is 18.4 Å². The molecule has 2 aromatic carbocycles. The van der Waals surface area contributed by atoms with Crippen molar-refractivity contribution in [2.24, 2.45) is 4.99 Å². The first-order valence-electron chi connectivity index (χ1n) is 10.3. The summed E-state index contributed by atoms with van der Waals surface area (Å²) >= 11 is 1.32. The summed E-state index contributed by atoms with van der Waals surface area (Å²) in [6.45, 7) is 3.90. The van der Waals surface area contributed by atoms with Gasteiger partial charge in [-0.3, -0.25) is 9.36 Å². The van der Waals surface area contributed by atoms with E-state index in [1.807, 2.05) is 68.5 Å². The Bertz CT molecular complexity index is 1380. The molecular formula is C25H24N2O4S. The van der Waals surface area contributed by atoms with Gasteiger partial charge in [0.1, 0.15) is 5.75 Å². The zero-order valence-electron chi connectivity index (χ0n) is 18.4. The quantitative estimate of drug-likeness (QED) is 0.563. The van der Waals surface area contributed by atoms with Crippen LogP contribution in [-0.4, -0.2) is 24.8 Å². The Morgan fingerprint density at radius 2 is 1.94 bits per heavy atom. The molecule has 2 heterocycles. The van der Waals surface area contributed by atoms with Crippen molar-refractivity contribution in [3.05, 3.63) is 96.2 Å². The normalized spacial score (nSPS) is 15.9. The number of fused-ring (bicyclic) bond motifs is 1. The summed E-state index contributed by atoms with van der Waals surface area (Å²) in [7, 11) is 2.98. The third-order valence-electron chi connectivity index (χ3n) is 5.48. The maximum atomic E-state index is 13.5. The standard InChI is InChI=1S/C25H24N2O4S/c1-5-18-21(24(29)31-4)22(17-9-7-6-8-10-17)27-23(28)20(32-25(27)26-18)14-16-11-12-19(30-3)15(2)13-16/h6-14,22H,5H2,1-4H3/b20-14-/t22-/m1/s1. The van der Waals surface area contributed by atoms with Crippen LogP contribution in [0.4, 0.5) is 0 Å². The molecular weight excluding hydrogens is 424 g/mol. The minimum Gasteiger partial charge on any atom is -0.496 e. The average molecular weight is 449 g/mol. The third kappa shape index (κ3) is 3.80. The highest BCUT2D eigenvalue weighted by atomic mass is 32.1. The fourth-order valence-electron chi connectivity index (χ4n) is 3.96. The molecule has 0 saturated heterocycles. The van der Waals surface area contributed by atoms with Gasteiger partial charge in [0.2, 0.25) is 0 Å². The summed E-state index contributed by atoms with van der Waals surface area (Å²) in [5.41, 5.74) is 3.57. The lowest BCUT2D eigenvalue weighted by molar-refractivity contribution is -0.136. The second-order valence-corrected chi connectivity index (χ2v) is 8.44. The smallest absolute Gasteiger partial charge is 0.338 e. The van der Waals surface area contributed by atoms with Crippen molar-refractivity contribution in [1.82, 2.24) is 4.57 Å². The number of thiazole rings is 1. The first kappa shape index (κ1) is 21.8. The molecule has 164 valence electrons. The van der Waals surface area contributed by atoms with Crippen LogP contribution in [0, 0.1) is 6.92 Å². The van der Waals surface area contributed by atoms with Crippen LogP contribution in [-0.2, 0) is 9.53 Å². The van der Waals surface area contributed by atoms with Crippen molar-refractivity contribution in [3.8, 4) is 5.75 Å². The highest BCUT2D eigenvalue weighted by molar-refractivity contribution is 7.07. The molecule has 7 heteroatoms. The fourth-order valence-corrected chi connectivity index (χ4v) is 4.98. The molecule has 0 spiro atoms. The monoisotopic (exact) mass is 448 g/mol. The summed E-state index contributed by atoms with van der Waals surface area (Å²) in [4.78, 5) is 31.6. The Morgan fingerprint density at radius 1 is 1.19 bits per heavy atom. The number of hydrogen-bond acceptors (Lipinski definition) is 6. The van der Waals surface area contributed by atoms with Crippen LogP contribution in [0.5, 0.6) is 5.75 Å². The van der Waals surface area contributed by atoms with Gasteiger partial charge >= 0.3 is 5.97 Å². The van der Waals surface area contributed by atoms with Gasteiger partial charge in [0, 0.05) is 0 Å². The Morgan fingerprint density at radius 3 is 2.56 bits per heavy atom. The van der Waals surface area contributed by atoms with Crippen LogP contribution in [0.25, 0.3) is 6.08 Å². The number of benzene rings is 2. The maximum Gasteiger partial charge on any atom is 0.338 e. The molecule has 3 aromatic rings. The van der Waals surface area contributed by atoms with Gasteiger partial charge in [0.05, 0.1) is 36.1 Å². The molecule has 0 radical (unpaired) electrons. The molecule has 1 atom stereocenters. The molecule has 0 saturated carbocycles. The summed E-state index contributed by atoms with van der Waals surface area (Å²) < 4.78 is 12.6. The zero-order valence-corrected chi connectivity index (χ0v) is 19.2. The van der Waals surface area contributed by atoms with Gasteiger partial charge in [0.25, 0.3) is 5.56 Å². The first-order chi connectivity index (χ1) is 15.5. The largest absolute Gasteiger partial charge is 0.496 e. The molecule has 0 aliphatic carbocycles. The maximum absolute atomic E-state index is 13.5. The molecule has 1 aliphatic rings. The number of nitrogens with zero attached hydrogens (tertiary/aromatic N) is 2. The van der Waals surface area contributed by atoms with Crippen LogP contribution in [0.1, 0.15) is 36.1 Å². The topological polar surface area (TPSA) is 69.9 Å². The Balaban J connectivity index is 1.96. The molecule has 0 bridgehead atoms. The number of aromatic nitrogens is 1. The zero-order chi connectivity index (χ0) is 22.8. The summed E-state index contributed by atoms with van der Waals surface area (Å²) in [5.74, 6) is 0.322. The van der Waals surface area contributed by atoms with E-state index in [9.17, 15) is 9.59 Å². The van der Waals surface area contributed by atoms with Crippen LogP contribution >= 0.6 is 11.3 Å². The molecule has 0 amide bonds. The molecule has 32 heavy (non-hydrogen) atoms. The van der Waals surface area contributed by atoms with E-state index in [-0.39, 0.29) is 5.56 Å². The van der Waals surface area contributed by atoms with E-state index >= 15 is 0 Å². The van der Waals surface area contributed by atoms with Gasteiger partial charge in [0.15, 0.2) is 4.80 Å². The van der Waals surface area contributed by atoms with Gasteiger partial charge in [-0.25, -0.2) is 9.79 Å². The lowest BCUT2D eigenvalue weighted by Crippen LogP contribution is -2.40. The van der Waals surface area contributed by atoms with E-state index in [4.69, 9.17) is 9.47 Å². The van der Waals surface area contributed by atoms with E-state index in [1.54, 1.807) is 11.7 Å². The lowest BCUT2D eigenvalue weighted by atomic mass is 9.95.